The minimum atomic E-state index is -3.84. The molecule has 7 heteroatoms. The first-order valence-electron chi connectivity index (χ1n) is 5.66. The quantitative estimate of drug-likeness (QED) is 0.543. The van der Waals surface area contributed by atoms with Gasteiger partial charge in [-0.25, -0.2) is 13.4 Å². The summed E-state index contributed by atoms with van der Waals surface area (Å²) >= 11 is 0. The van der Waals surface area contributed by atoms with Gasteiger partial charge in [-0.2, -0.15) is 0 Å². The number of rotatable bonds is 8. The van der Waals surface area contributed by atoms with E-state index in [-0.39, 0.29) is 17.4 Å². The van der Waals surface area contributed by atoms with E-state index in [9.17, 15) is 8.42 Å². The maximum Gasteiger partial charge on any atom is 0.266 e. The van der Waals surface area contributed by atoms with E-state index in [2.05, 4.69) is 11.9 Å². The first-order valence-corrected chi connectivity index (χ1v) is 7.97. The summed E-state index contributed by atoms with van der Waals surface area (Å²) in [5.41, 5.74) is 0. The molecule has 0 unspecified atom stereocenters. The molecule has 0 saturated heterocycles. The molecule has 5 nitrogen and oxygen atoms in total. The van der Waals surface area contributed by atoms with Crippen molar-refractivity contribution in [1.29, 1.82) is 0 Å². The molecule has 0 saturated carbocycles. The molecule has 0 N–H and O–H groups in total. The number of hydrogen-bond acceptors (Lipinski definition) is 5. The van der Waals surface area contributed by atoms with Crippen molar-refractivity contribution < 1.29 is 17.9 Å². The predicted molar refractivity (Wildman–Crippen MR) is 68.5 cm³/mol. The van der Waals surface area contributed by atoms with E-state index in [1.165, 1.54) is 18.3 Å². The van der Waals surface area contributed by atoms with Gasteiger partial charge in [0.2, 0.25) is 5.88 Å². The fourth-order valence-electron chi connectivity index (χ4n) is 1.22. The molecule has 1 rings (SSSR count). The van der Waals surface area contributed by atoms with Gasteiger partial charge in [-0.15, -0.1) is 0 Å². The summed E-state index contributed by atoms with van der Waals surface area (Å²) in [6, 6.07) is 2.84. The number of pyridine rings is 1. The molecular weight excluding hydrogens is 278 g/mol. The fourth-order valence-corrected chi connectivity index (χ4v) is 2.13. The van der Waals surface area contributed by atoms with Gasteiger partial charge in [-0.1, -0.05) is 13.3 Å². The number of nitrogens with zero attached hydrogens (tertiary/aromatic N) is 1. The minimum absolute atomic E-state index is 0.00610. The van der Waals surface area contributed by atoms with Gasteiger partial charge < -0.3 is 9.47 Å². The minimum Gasteiger partial charge on any atom is -0.474 e. The Bertz CT molecular complexity index is 464. The molecule has 0 aliphatic rings. The van der Waals surface area contributed by atoms with E-state index in [4.69, 9.17) is 20.2 Å². The Labute approximate surface area is 112 Å². The van der Waals surface area contributed by atoms with Gasteiger partial charge in [-0.3, -0.25) is 0 Å². The van der Waals surface area contributed by atoms with Crippen LogP contribution in [-0.4, -0.2) is 33.2 Å². The maximum absolute atomic E-state index is 11.2. The summed E-state index contributed by atoms with van der Waals surface area (Å²) < 4.78 is 33.0. The van der Waals surface area contributed by atoms with E-state index in [1.807, 2.05) is 0 Å². The summed E-state index contributed by atoms with van der Waals surface area (Å²) in [5.74, 6) is 0.00610. The third-order valence-corrected chi connectivity index (χ3v) is 3.44. The van der Waals surface area contributed by atoms with E-state index < -0.39 is 9.05 Å². The zero-order chi connectivity index (χ0) is 13.4. The van der Waals surface area contributed by atoms with Crippen molar-refractivity contribution in [3.63, 3.8) is 0 Å². The normalized spacial score (nSPS) is 11.4. The second-order valence-corrected chi connectivity index (χ2v) is 6.09. The molecule has 1 aromatic rings. The van der Waals surface area contributed by atoms with Crippen LogP contribution in [0.3, 0.4) is 0 Å². The molecule has 0 atom stereocenters. The highest BCUT2D eigenvalue weighted by Gasteiger charge is 2.17. The Balaban J connectivity index is 2.48. The van der Waals surface area contributed by atoms with E-state index in [0.717, 1.165) is 12.8 Å². The van der Waals surface area contributed by atoms with Crippen LogP contribution in [0.5, 0.6) is 5.88 Å². The van der Waals surface area contributed by atoms with Crippen LogP contribution in [0.2, 0.25) is 0 Å². The van der Waals surface area contributed by atoms with Gasteiger partial charge in [-0.05, 0) is 18.6 Å². The lowest BCUT2D eigenvalue weighted by Crippen LogP contribution is -2.10. The molecular formula is C11H16ClNO4S. The fraction of sp³-hybridized carbons (Fsp3) is 0.545. The van der Waals surface area contributed by atoms with Crippen molar-refractivity contribution in [3.05, 3.63) is 18.3 Å². The second kappa shape index (κ2) is 7.56. The smallest absolute Gasteiger partial charge is 0.266 e. The summed E-state index contributed by atoms with van der Waals surface area (Å²) in [5, 5.41) is 0. The van der Waals surface area contributed by atoms with Crippen molar-refractivity contribution in [3.8, 4) is 5.88 Å². The highest BCUT2D eigenvalue weighted by molar-refractivity contribution is 8.13. The lowest BCUT2D eigenvalue weighted by Gasteiger charge is -2.08. The molecule has 0 aromatic carbocycles. The lowest BCUT2D eigenvalue weighted by atomic mass is 10.4. The molecule has 0 amide bonds. The number of hydrogen-bond donors (Lipinski definition) is 0. The monoisotopic (exact) mass is 293 g/mol. The first-order chi connectivity index (χ1) is 8.55. The molecule has 0 fully saturated rings. The van der Waals surface area contributed by atoms with Crippen LogP contribution in [0.15, 0.2) is 23.2 Å². The molecule has 18 heavy (non-hydrogen) atoms. The first kappa shape index (κ1) is 15.2. The van der Waals surface area contributed by atoms with Crippen LogP contribution < -0.4 is 4.74 Å². The van der Waals surface area contributed by atoms with Crippen LogP contribution in [0.1, 0.15) is 19.8 Å². The van der Waals surface area contributed by atoms with Gasteiger partial charge >= 0.3 is 0 Å². The topological polar surface area (TPSA) is 65.5 Å². The van der Waals surface area contributed by atoms with Gasteiger partial charge in [0.1, 0.15) is 11.5 Å². The third-order valence-electron chi connectivity index (χ3n) is 2.11. The number of unbranched alkanes of at least 4 members (excludes halogenated alkanes) is 1. The summed E-state index contributed by atoms with van der Waals surface area (Å²) in [6.45, 7) is 3.37. The second-order valence-electron chi connectivity index (χ2n) is 3.56. The van der Waals surface area contributed by atoms with Gasteiger partial charge in [0.05, 0.1) is 6.61 Å². The number of halogens is 1. The lowest BCUT2D eigenvalue weighted by molar-refractivity contribution is 0.0954. The van der Waals surface area contributed by atoms with E-state index in [1.54, 1.807) is 0 Å². The van der Waals surface area contributed by atoms with Crippen molar-refractivity contribution in [2.75, 3.05) is 19.8 Å². The molecule has 1 heterocycles. The van der Waals surface area contributed by atoms with Crippen molar-refractivity contribution in [2.24, 2.45) is 0 Å². The van der Waals surface area contributed by atoms with Crippen LogP contribution in [-0.2, 0) is 13.8 Å². The number of aromatic nitrogens is 1. The summed E-state index contributed by atoms with van der Waals surface area (Å²) in [6.07, 6.45) is 3.50. The highest BCUT2D eigenvalue weighted by atomic mass is 35.7. The van der Waals surface area contributed by atoms with Gasteiger partial charge in [0, 0.05) is 23.5 Å². The Kier molecular flexibility index (Phi) is 6.38. The van der Waals surface area contributed by atoms with E-state index >= 15 is 0 Å². The van der Waals surface area contributed by atoms with E-state index in [0.29, 0.717) is 13.2 Å². The third kappa shape index (κ3) is 5.20. The Morgan fingerprint density at radius 3 is 2.78 bits per heavy atom. The Hall–Kier alpha value is -0.850. The van der Waals surface area contributed by atoms with Crippen molar-refractivity contribution >= 4 is 19.7 Å². The predicted octanol–water partition coefficient (Wildman–Crippen LogP) is 2.20. The van der Waals surface area contributed by atoms with Crippen LogP contribution in [0.25, 0.3) is 0 Å². The van der Waals surface area contributed by atoms with Crippen LogP contribution in [0, 0.1) is 0 Å². The van der Waals surface area contributed by atoms with Crippen LogP contribution >= 0.6 is 10.7 Å². The van der Waals surface area contributed by atoms with Crippen LogP contribution in [0.4, 0.5) is 0 Å². The van der Waals surface area contributed by atoms with Crippen molar-refractivity contribution in [1.82, 2.24) is 4.98 Å². The average molecular weight is 294 g/mol. The highest BCUT2D eigenvalue weighted by Crippen LogP contribution is 2.23. The summed E-state index contributed by atoms with van der Waals surface area (Å²) in [4.78, 5) is 3.71. The summed E-state index contributed by atoms with van der Waals surface area (Å²) in [7, 11) is 1.43. The maximum atomic E-state index is 11.2. The Morgan fingerprint density at radius 1 is 1.33 bits per heavy atom. The molecule has 0 spiro atoms. The zero-order valence-electron chi connectivity index (χ0n) is 10.1. The molecule has 0 radical (unpaired) electrons. The van der Waals surface area contributed by atoms with Gasteiger partial charge in [0.25, 0.3) is 9.05 Å². The zero-order valence-corrected chi connectivity index (χ0v) is 11.7. The largest absolute Gasteiger partial charge is 0.474 e. The molecule has 0 bridgehead atoms. The average Bonchev–Trinajstić information content (AvgIpc) is 2.33. The Morgan fingerprint density at radius 2 is 2.11 bits per heavy atom. The standard InChI is InChI=1S/C11H16ClNO4S/c1-2-3-7-16-8-9-17-11-10(18(12,14)15)5-4-6-13-11/h4-6H,2-3,7-9H2,1H3. The van der Waals surface area contributed by atoms with Gasteiger partial charge in [0.15, 0.2) is 0 Å². The van der Waals surface area contributed by atoms with Crippen molar-refractivity contribution in [2.45, 2.75) is 24.7 Å². The SMILES string of the molecule is CCCCOCCOc1ncccc1S(=O)(=O)Cl. The molecule has 0 aliphatic heterocycles. The molecule has 1 aromatic heterocycles. The molecule has 0 aliphatic carbocycles. The molecule has 102 valence electrons. The number of ether oxygens (including phenoxy) is 2.